The SMILES string of the molecule is COC1CCCC(S(=O)c2ccc(N)c(F)c2)C1. The van der Waals surface area contributed by atoms with E-state index >= 15 is 0 Å². The van der Waals surface area contributed by atoms with Gasteiger partial charge in [0.15, 0.2) is 0 Å². The van der Waals surface area contributed by atoms with Gasteiger partial charge in [0.05, 0.1) is 22.6 Å². The van der Waals surface area contributed by atoms with E-state index in [1.165, 1.54) is 12.1 Å². The third kappa shape index (κ3) is 2.90. The second-order valence-electron chi connectivity index (χ2n) is 4.63. The van der Waals surface area contributed by atoms with E-state index in [1.807, 2.05) is 0 Å². The molecule has 0 amide bonds. The number of halogens is 1. The van der Waals surface area contributed by atoms with Gasteiger partial charge in [-0.15, -0.1) is 0 Å². The smallest absolute Gasteiger partial charge is 0.147 e. The lowest BCUT2D eigenvalue weighted by Gasteiger charge is -2.27. The van der Waals surface area contributed by atoms with Gasteiger partial charge in [-0.1, -0.05) is 0 Å². The van der Waals surface area contributed by atoms with E-state index in [0.717, 1.165) is 25.7 Å². The van der Waals surface area contributed by atoms with E-state index in [9.17, 15) is 8.60 Å². The van der Waals surface area contributed by atoms with E-state index < -0.39 is 16.6 Å². The van der Waals surface area contributed by atoms with E-state index in [2.05, 4.69) is 0 Å². The molecule has 1 aliphatic rings. The third-order valence-electron chi connectivity index (χ3n) is 3.42. The number of anilines is 1. The lowest BCUT2D eigenvalue weighted by molar-refractivity contribution is 0.0725. The summed E-state index contributed by atoms with van der Waals surface area (Å²) in [5.41, 5.74) is 5.51. The van der Waals surface area contributed by atoms with Crippen LogP contribution in [0, 0.1) is 5.82 Å². The summed E-state index contributed by atoms with van der Waals surface area (Å²) in [6.07, 6.45) is 3.87. The first-order valence-electron chi connectivity index (χ1n) is 6.10. The number of nitrogens with two attached hydrogens (primary N) is 1. The predicted octanol–water partition coefficient (Wildman–Crippen LogP) is 2.47. The Hall–Kier alpha value is -0.940. The molecule has 0 saturated heterocycles. The average molecular weight is 271 g/mol. The molecule has 0 aromatic heterocycles. The average Bonchev–Trinajstić information content (AvgIpc) is 2.41. The van der Waals surface area contributed by atoms with Crippen LogP contribution in [-0.2, 0) is 15.5 Å². The van der Waals surface area contributed by atoms with Crippen LogP contribution in [0.25, 0.3) is 0 Å². The standard InChI is InChI=1S/C13H18FNO2S/c1-17-9-3-2-4-10(7-9)18(16)11-5-6-13(15)12(14)8-11/h5-6,8-10H,2-4,7,15H2,1H3. The molecule has 3 nitrogen and oxygen atoms in total. The van der Waals surface area contributed by atoms with Gasteiger partial charge < -0.3 is 10.5 Å². The summed E-state index contributed by atoms with van der Waals surface area (Å²) in [6, 6.07) is 4.39. The summed E-state index contributed by atoms with van der Waals surface area (Å²) >= 11 is 0. The topological polar surface area (TPSA) is 52.3 Å². The highest BCUT2D eigenvalue weighted by molar-refractivity contribution is 7.85. The molecule has 5 heteroatoms. The molecule has 0 bridgehead atoms. The second kappa shape index (κ2) is 5.80. The number of hydrogen-bond acceptors (Lipinski definition) is 3. The van der Waals surface area contributed by atoms with Crippen LogP contribution in [0.1, 0.15) is 25.7 Å². The summed E-state index contributed by atoms with van der Waals surface area (Å²) < 4.78 is 31.1. The zero-order valence-corrected chi connectivity index (χ0v) is 11.2. The molecule has 18 heavy (non-hydrogen) atoms. The van der Waals surface area contributed by atoms with Gasteiger partial charge in [0.25, 0.3) is 0 Å². The van der Waals surface area contributed by atoms with Crippen LogP contribution < -0.4 is 5.73 Å². The summed E-state index contributed by atoms with van der Waals surface area (Å²) in [7, 11) is 0.493. The van der Waals surface area contributed by atoms with Gasteiger partial charge in [-0.05, 0) is 43.9 Å². The third-order valence-corrected chi connectivity index (χ3v) is 5.17. The van der Waals surface area contributed by atoms with Crippen LogP contribution in [0.2, 0.25) is 0 Å². The zero-order valence-electron chi connectivity index (χ0n) is 10.4. The Morgan fingerprint density at radius 3 is 2.89 bits per heavy atom. The number of hydrogen-bond donors (Lipinski definition) is 1. The maximum Gasteiger partial charge on any atom is 0.147 e. The Morgan fingerprint density at radius 2 is 2.22 bits per heavy atom. The van der Waals surface area contributed by atoms with Crippen molar-refractivity contribution in [2.24, 2.45) is 0 Å². The number of ether oxygens (including phenoxy) is 1. The molecule has 0 aliphatic heterocycles. The fraction of sp³-hybridized carbons (Fsp3) is 0.538. The van der Waals surface area contributed by atoms with Crippen molar-refractivity contribution in [2.45, 2.75) is 41.9 Å². The van der Waals surface area contributed by atoms with Crippen LogP contribution in [0.5, 0.6) is 0 Å². The minimum atomic E-state index is -1.19. The van der Waals surface area contributed by atoms with Gasteiger partial charge in [0.2, 0.25) is 0 Å². The molecule has 3 atom stereocenters. The number of nitrogen functional groups attached to an aromatic ring is 1. The number of rotatable bonds is 3. The van der Waals surface area contributed by atoms with Crippen molar-refractivity contribution in [1.29, 1.82) is 0 Å². The van der Waals surface area contributed by atoms with E-state index in [1.54, 1.807) is 13.2 Å². The van der Waals surface area contributed by atoms with Crippen molar-refractivity contribution in [1.82, 2.24) is 0 Å². The highest BCUT2D eigenvalue weighted by atomic mass is 32.2. The fourth-order valence-electron chi connectivity index (χ4n) is 2.34. The van der Waals surface area contributed by atoms with Gasteiger partial charge in [0, 0.05) is 17.3 Å². The molecule has 1 aromatic carbocycles. The molecule has 2 N–H and O–H groups in total. The van der Waals surface area contributed by atoms with Gasteiger partial charge in [-0.2, -0.15) is 0 Å². The summed E-state index contributed by atoms with van der Waals surface area (Å²) in [4.78, 5) is 0.517. The molecule has 1 aliphatic carbocycles. The van der Waals surface area contributed by atoms with Gasteiger partial charge in [-0.25, -0.2) is 4.39 Å². The zero-order chi connectivity index (χ0) is 13.1. The van der Waals surface area contributed by atoms with Crippen molar-refractivity contribution in [3.63, 3.8) is 0 Å². The molecule has 1 aromatic rings. The number of methoxy groups -OCH3 is 1. The summed E-state index contributed by atoms with van der Waals surface area (Å²) in [6.45, 7) is 0. The van der Waals surface area contributed by atoms with Crippen molar-refractivity contribution in [3.05, 3.63) is 24.0 Å². The van der Waals surface area contributed by atoms with Crippen molar-refractivity contribution < 1.29 is 13.3 Å². The highest BCUT2D eigenvalue weighted by Gasteiger charge is 2.27. The molecule has 3 unspecified atom stereocenters. The Morgan fingerprint density at radius 1 is 1.44 bits per heavy atom. The first-order chi connectivity index (χ1) is 8.61. The molecular formula is C13H18FNO2S. The number of benzene rings is 1. The first-order valence-corrected chi connectivity index (χ1v) is 7.31. The molecule has 2 rings (SSSR count). The molecule has 0 spiro atoms. The lowest BCUT2D eigenvalue weighted by Crippen LogP contribution is -2.28. The molecule has 100 valence electrons. The Kier molecular flexibility index (Phi) is 4.35. The van der Waals surface area contributed by atoms with Gasteiger partial charge in [-0.3, -0.25) is 4.21 Å². The largest absolute Gasteiger partial charge is 0.396 e. The van der Waals surface area contributed by atoms with Crippen molar-refractivity contribution in [3.8, 4) is 0 Å². The quantitative estimate of drug-likeness (QED) is 0.859. The van der Waals surface area contributed by atoms with E-state index in [0.29, 0.717) is 4.90 Å². The Balaban J connectivity index is 2.12. The van der Waals surface area contributed by atoms with Gasteiger partial charge >= 0.3 is 0 Å². The second-order valence-corrected chi connectivity index (χ2v) is 6.36. The maximum absolute atomic E-state index is 13.4. The minimum absolute atomic E-state index is 0.0479. The summed E-state index contributed by atoms with van der Waals surface area (Å²) in [5, 5.41) is 0.0479. The van der Waals surface area contributed by atoms with Crippen molar-refractivity contribution >= 4 is 16.5 Å². The molecular weight excluding hydrogens is 253 g/mol. The van der Waals surface area contributed by atoms with Crippen LogP contribution >= 0.6 is 0 Å². The van der Waals surface area contributed by atoms with Crippen LogP contribution in [0.15, 0.2) is 23.1 Å². The first kappa shape index (κ1) is 13.5. The van der Waals surface area contributed by atoms with Gasteiger partial charge in [0.1, 0.15) is 5.82 Å². The molecule has 1 saturated carbocycles. The molecule has 1 fully saturated rings. The van der Waals surface area contributed by atoms with E-state index in [4.69, 9.17) is 10.5 Å². The van der Waals surface area contributed by atoms with Crippen LogP contribution in [0.3, 0.4) is 0 Å². The lowest BCUT2D eigenvalue weighted by atomic mass is 9.97. The predicted molar refractivity (Wildman–Crippen MR) is 70.3 cm³/mol. The van der Waals surface area contributed by atoms with Crippen LogP contribution in [-0.4, -0.2) is 22.7 Å². The molecule has 0 heterocycles. The monoisotopic (exact) mass is 271 g/mol. The normalized spacial score (nSPS) is 25.9. The molecule has 0 radical (unpaired) electrons. The Labute approximate surface area is 109 Å². The van der Waals surface area contributed by atoms with Crippen molar-refractivity contribution in [2.75, 3.05) is 12.8 Å². The summed E-state index contributed by atoms with van der Waals surface area (Å²) in [5.74, 6) is -0.500. The van der Waals surface area contributed by atoms with Crippen LogP contribution in [0.4, 0.5) is 10.1 Å². The Bertz CT molecular complexity index is 453. The fourth-order valence-corrected chi connectivity index (χ4v) is 3.91. The van der Waals surface area contributed by atoms with E-state index in [-0.39, 0.29) is 17.0 Å². The highest BCUT2D eigenvalue weighted by Crippen LogP contribution is 2.28. The maximum atomic E-state index is 13.4. The minimum Gasteiger partial charge on any atom is -0.396 e.